The Morgan fingerprint density at radius 2 is 1.31 bits per heavy atom. The molecular formula is C32H32N2O2. The molecular weight excluding hydrogens is 444 g/mol. The largest absolute Gasteiger partial charge is 0.507 e. The third-order valence-electron chi connectivity index (χ3n) is 7.05. The van der Waals surface area contributed by atoms with Gasteiger partial charge in [-0.25, -0.2) is 0 Å². The molecule has 0 spiro atoms. The van der Waals surface area contributed by atoms with Crippen LogP contribution < -0.4 is 5.32 Å². The van der Waals surface area contributed by atoms with Crippen LogP contribution in [0, 0.1) is 0 Å². The third-order valence-corrected chi connectivity index (χ3v) is 7.05. The number of aliphatic imine (C=N–C) groups is 1. The lowest BCUT2D eigenvalue weighted by atomic mass is 9.90. The molecule has 0 saturated heterocycles. The smallest absolute Gasteiger partial charge is 0.132 e. The van der Waals surface area contributed by atoms with Crippen LogP contribution in [-0.4, -0.2) is 28.5 Å². The van der Waals surface area contributed by atoms with E-state index in [0.29, 0.717) is 12.3 Å². The van der Waals surface area contributed by atoms with Gasteiger partial charge in [-0.1, -0.05) is 104 Å². The van der Waals surface area contributed by atoms with Crippen LogP contribution in [0.15, 0.2) is 102 Å². The summed E-state index contributed by atoms with van der Waals surface area (Å²) in [6.07, 6.45) is 6.17. The van der Waals surface area contributed by atoms with Crippen molar-refractivity contribution in [3.05, 3.63) is 108 Å². The van der Waals surface area contributed by atoms with Gasteiger partial charge in [0.25, 0.3) is 0 Å². The van der Waals surface area contributed by atoms with Crippen molar-refractivity contribution in [2.45, 2.75) is 44.3 Å². The second-order valence-electron chi connectivity index (χ2n) is 9.41. The molecule has 36 heavy (non-hydrogen) atoms. The highest BCUT2D eigenvalue weighted by Crippen LogP contribution is 2.33. The van der Waals surface area contributed by atoms with Gasteiger partial charge in [0.2, 0.25) is 0 Å². The average molecular weight is 477 g/mol. The van der Waals surface area contributed by atoms with Crippen LogP contribution in [0.5, 0.6) is 11.5 Å². The van der Waals surface area contributed by atoms with E-state index in [9.17, 15) is 10.2 Å². The zero-order valence-electron chi connectivity index (χ0n) is 20.3. The topological polar surface area (TPSA) is 64.9 Å². The summed E-state index contributed by atoms with van der Waals surface area (Å²) >= 11 is 0. The number of phenols is 2. The Kier molecular flexibility index (Phi) is 7.44. The highest BCUT2D eigenvalue weighted by atomic mass is 16.3. The molecule has 2 atom stereocenters. The Labute approximate surface area is 213 Å². The summed E-state index contributed by atoms with van der Waals surface area (Å²) in [6.45, 7) is 0.581. The van der Waals surface area contributed by atoms with Crippen molar-refractivity contribution in [2.75, 3.05) is 0 Å². The average Bonchev–Trinajstić information content (AvgIpc) is 2.93. The molecule has 4 aromatic rings. The van der Waals surface area contributed by atoms with Crippen molar-refractivity contribution in [3.8, 4) is 33.8 Å². The lowest BCUT2D eigenvalue weighted by Crippen LogP contribution is -2.40. The van der Waals surface area contributed by atoms with Crippen LogP contribution in [0.3, 0.4) is 0 Å². The Morgan fingerprint density at radius 3 is 2.00 bits per heavy atom. The van der Waals surface area contributed by atoms with Crippen LogP contribution in [-0.2, 0) is 6.54 Å². The molecule has 0 unspecified atom stereocenters. The Morgan fingerprint density at radius 1 is 0.694 bits per heavy atom. The maximum Gasteiger partial charge on any atom is 0.132 e. The van der Waals surface area contributed by atoms with Gasteiger partial charge >= 0.3 is 0 Å². The van der Waals surface area contributed by atoms with Gasteiger partial charge in [0.05, 0.1) is 6.04 Å². The van der Waals surface area contributed by atoms with E-state index in [1.54, 1.807) is 0 Å². The standard InChI is InChI=1S/C32H32N2O2/c35-31-25(15-9-17-27(31)23-11-3-1-4-12-23)21-33-29-19-7-8-20-30(29)34-22-26-16-10-18-28(32(26)36)24-13-5-2-6-14-24/h1-6,9-18,21,29-30,34-36H,7-8,19-20,22H2/t29-,30+/m1/s1. The number of nitrogens with zero attached hydrogens (tertiary/aromatic N) is 1. The highest BCUT2D eigenvalue weighted by Gasteiger charge is 2.24. The first kappa shape index (κ1) is 23.8. The molecule has 0 aromatic heterocycles. The number of rotatable bonds is 7. The van der Waals surface area contributed by atoms with E-state index in [4.69, 9.17) is 4.99 Å². The molecule has 4 aromatic carbocycles. The van der Waals surface area contributed by atoms with Crippen molar-refractivity contribution >= 4 is 6.21 Å². The Bertz CT molecular complexity index is 1320. The molecule has 1 saturated carbocycles. The highest BCUT2D eigenvalue weighted by molar-refractivity contribution is 5.88. The monoisotopic (exact) mass is 476 g/mol. The fourth-order valence-electron chi connectivity index (χ4n) is 5.05. The maximum atomic E-state index is 10.9. The first-order chi connectivity index (χ1) is 17.7. The minimum absolute atomic E-state index is 0.123. The summed E-state index contributed by atoms with van der Waals surface area (Å²) in [4.78, 5) is 4.92. The summed E-state index contributed by atoms with van der Waals surface area (Å²) in [5, 5.41) is 25.5. The van der Waals surface area contributed by atoms with Gasteiger partial charge in [-0.05, 0) is 30.0 Å². The van der Waals surface area contributed by atoms with Gasteiger partial charge in [0.1, 0.15) is 11.5 Å². The first-order valence-electron chi connectivity index (χ1n) is 12.7. The van der Waals surface area contributed by atoms with Gasteiger partial charge < -0.3 is 15.5 Å². The summed E-state index contributed by atoms with van der Waals surface area (Å²) in [5.41, 5.74) is 5.27. The maximum absolute atomic E-state index is 10.9. The number of nitrogens with one attached hydrogen (secondary N) is 1. The fraction of sp³-hybridized carbons (Fsp3) is 0.219. The van der Waals surface area contributed by atoms with E-state index in [1.165, 1.54) is 0 Å². The summed E-state index contributed by atoms with van der Waals surface area (Å²) in [5.74, 6) is 0.588. The quantitative estimate of drug-likeness (QED) is 0.253. The molecule has 1 aliphatic rings. The van der Waals surface area contributed by atoms with E-state index in [2.05, 4.69) is 5.32 Å². The molecule has 182 valence electrons. The number of benzene rings is 4. The predicted molar refractivity (Wildman–Crippen MR) is 148 cm³/mol. The first-order valence-corrected chi connectivity index (χ1v) is 12.7. The van der Waals surface area contributed by atoms with Crippen LogP contribution in [0.2, 0.25) is 0 Å². The predicted octanol–water partition coefficient (Wildman–Crippen LogP) is 6.95. The molecule has 1 aliphatic carbocycles. The molecule has 0 bridgehead atoms. The molecule has 1 fully saturated rings. The lowest BCUT2D eigenvalue weighted by Gasteiger charge is -2.30. The summed E-state index contributed by atoms with van der Waals surface area (Å²) in [6, 6.07) is 32.0. The SMILES string of the molecule is Oc1c(C=N[C@@H]2CCCC[C@@H]2NCc2cccc(-c3ccccc3)c2O)cccc1-c1ccccc1. The summed E-state index contributed by atoms with van der Waals surface area (Å²) in [7, 11) is 0. The van der Waals surface area contributed by atoms with Gasteiger partial charge in [-0.15, -0.1) is 0 Å². The van der Waals surface area contributed by atoms with Crippen LogP contribution >= 0.6 is 0 Å². The van der Waals surface area contributed by atoms with Gasteiger partial charge in [0.15, 0.2) is 0 Å². The molecule has 5 rings (SSSR count). The molecule has 4 nitrogen and oxygen atoms in total. The van der Waals surface area contributed by atoms with Crippen LogP contribution in [0.1, 0.15) is 36.8 Å². The number of phenolic OH excluding ortho intramolecular Hbond substituents is 2. The Hall–Kier alpha value is -3.89. The van der Waals surface area contributed by atoms with Crippen molar-refractivity contribution in [1.29, 1.82) is 0 Å². The van der Waals surface area contributed by atoms with Crippen molar-refractivity contribution in [2.24, 2.45) is 4.99 Å². The molecule has 0 heterocycles. The molecule has 0 radical (unpaired) electrons. The normalized spacial score (nSPS) is 17.9. The zero-order chi connectivity index (χ0) is 24.7. The molecule has 3 N–H and O–H groups in total. The lowest BCUT2D eigenvalue weighted by molar-refractivity contribution is 0.327. The number of para-hydroxylation sites is 2. The van der Waals surface area contributed by atoms with Crippen LogP contribution in [0.25, 0.3) is 22.3 Å². The zero-order valence-corrected chi connectivity index (χ0v) is 20.3. The van der Waals surface area contributed by atoms with E-state index in [-0.39, 0.29) is 17.8 Å². The molecule has 0 amide bonds. The van der Waals surface area contributed by atoms with Crippen LogP contribution in [0.4, 0.5) is 0 Å². The molecule has 0 aliphatic heterocycles. The minimum atomic E-state index is 0.123. The Balaban J connectivity index is 1.30. The minimum Gasteiger partial charge on any atom is -0.507 e. The summed E-state index contributed by atoms with van der Waals surface area (Å²) < 4.78 is 0. The van der Waals surface area contributed by atoms with E-state index in [0.717, 1.165) is 59.1 Å². The van der Waals surface area contributed by atoms with Crippen molar-refractivity contribution in [3.63, 3.8) is 0 Å². The number of hydrogen-bond acceptors (Lipinski definition) is 4. The second kappa shape index (κ2) is 11.2. The van der Waals surface area contributed by atoms with E-state index < -0.39 is 0 Å². The second-order valence-corrected chi connectivity index (χ2v) is 9.41. The van der Waals surface area contributed by atoms with E-state index >= 15 is 0 Å². The number of hydrogen-bond donors (Lipinski definition) is 3. The van der Waals surface area contributed by atoms with E-state index in [1.807, 2.05) is 103 Å². The van der Waals surface area contributed by atoms with Gasteiger partial charge in [-0.2, -0.15) is 0 Å². The van der Waals surface area contributed by atoms with Gasteiger partial charge in [0, 0.05) is 41.1 Å². The third kappa shape index (κ3) is 5.34. The van der Waals surface area contributed by atoms with Crippen molar-refractivity contribution in [1.82, 2.24) is 5.32 Å². The number of aromatic hydroxyl groups is 2. The van der Waals surface area contributed by atoms with Gasteiger partial charge in [-0.3, -0.25) is 4.99 Å². The van der Waals surface area contributed by atoms with Crippen molar-refractivity contribution < 1.29 is 10.2 Å². The molecule has 4 heteroatoms. The fourth-order valence-corrected chi connectivity index (χ4v) is 5.05.